The van der Waals surface area contributed by atoms with Crippen LogP contribution in [0.1, 0.15) is 13.3 Å². The van der Waals surface area contributed by atoms with Crippen molar-refractivity contribution >= 4 is 13.4 Å². The van der Waals surface area contributed by atoms with E-state index in [9.17, 15) is 0 Å². The molecule has 68 valence electrons. The Balaban J connectivity index is 4.70. The minimum atomic E-state index is 0.675. The number of hydrazone groups is 2. The van der Waals surface area contributed by atoms with E-state index in [0.29, 0.717) is 5.70 Å². The van der Waals surface area contributed by atoms with Crippen molar-refractivity contribution in [1.29, 1.82) is 0 Å². The minimum absolute atomic E-state index is 0.675. The molecule has 0 fully saturated rings. The molecule has 0 atom stereocenters. The van der Waals surface area contributed by atoms with Gasteiger partial charge in [0, 0.05) is 19.5 Å². The van der Waals surface area contributed by atoms with Crippen molar-refractivity contribution in [2.45, 2.75) is 13.3 Å². The third kappa shape index (κ3) is 3.92. The molecule has 0 aromatic heterocycles. The average molecular weight is 175 g/mol. The normalized spacial score (nSPS) is 10.9. The third-order valence-corrected chi connectivity index (χ3v) is 1.25. The smallest absolute Gasteiger partial charge is 0.0936 e. The van der Waals surface area contributed by atoms with Gasteiger partial charge in [-0.05, 0) is 12.5 Å². The van der Waals surface area contributed by atoms with Crippen LogP contribution in [-0.2, 0) is 0 Å². The molecule has 3 nitrogen and oxygen atoms in total. The fourth-order valence-electron chi connectivity index (χ4n) is 0.705. The highest BCUT2D eigenvalue weighted by molar-refractivity contribution is 5.31. The van der Waals surface area contributed by atoms with Gasteiger partial charge in [0.2, 0.25) is 0 Å². The summed E-state index contributed by atoms with van der Waals surface area (Å²) in [5, 5.41) is 8.50. The predicted molar refractivity (Wildman–Crippen MR) is 57.3 cm³/mol. The number of hydrogen-bond donors (Lipinski definition) is 0. The monoisotopic (exact) mass is 175 g/mol. The zero-order chi connectivity index (χ0) is 10.1. The first kappa shape index (κ1) is 11.2. The van der Waals surface area contributed by atoms with Gasteiger partial charge in [-0.1, -0.05) is 18.9 Å². The molecule has 0 unspecified atom stereocenters. The Hall–Kier alpha value is -1.82. The van der Waals surface area contributed by atoms with E-state index in [4.69, 9.17) is 6.42 Å². The SMILES string of the molecule is C#C/C=C(\C=C/CC)N(N=C)N=C. The first-order chi connectivity index (χ1) is 6.29. The maximum atomic E-state index is 5.14. The highest BCUT2D eigenvalue weighted by Gasteiger charge is 1.98. The largest absolute Gasteiger partial charge is 0.167 e. The van der Waals surface area contributed by atoms with E-state index in [2.05, 4.69) is 29.6 Å². The van der Waals surface area contributed by atoms with Crippen molar-refractivity contribution < 1.29 is 0 Å². The lowest BCUT2D eigenvalue weighted by atomic mass is 10.3. The fourth-order valence-corrected chi connectivity index (χ4v) is 0.705. The van der Waals surface area contributed by atoms with Crippen molar-refractivity contribution in [3.63, 3.8) is 0 Å². The molecule has 0 N–H and O–H groups in total. The first-order valence-corrected chi connectivity index (χ1v) is 3.86. The molecule has 0 aliphatic rings. The van der Waals surface area contributed by atoms with Crippen LogP contribution in [0.3, 0.4) is 0 Å². The lowest BCUT2D eigenvalue weighted by molar-refractivity contribution is 0.407. The maximum absolute atomic E-state index is 5.14. The van der Waals surface area contributed by atoms with Gasteiger partial charge in [0.25, 0.3) is 0 Å². The molecule has 13 heavy (non-hydrogen) atoms. The maximum Gasteiger partial charge on any atom is 0.0936 e. The second-order valence-electron chi connectivity index (χ2n) is 2.12. The Morgan fingerprint density at radius 3 is 2.54 bits per heavy atom. The zero-order valence-electron chi connectivity index (χ0n) is 7.77. The highest BCUT2D eigenvalue weighted by Crippen LogP contribution is 2.06. The summed E-state index contributed by atoms with van der Waals surface area (Å²) >= 11 is 0. The van der Waals surface area contributed by atoms with Crippen molar-refractivity contribution in [2.75, 3.05) is 0 Å². The summed E-state index contributed by atoms with van der Waals surface area (Å²) in [5.74, 6) is 2.40. The van der Waals surface area contributed by atoms with Gasteiger partial charge in [0.15, 0.2) is 0 Å². The molecule has 0 rings (SSSR count). The molecule has 0 spiro atoms. The van der Waals surface area contributed by atoms with E-state index in [0.717, 1.165) is 6.42 Å². The van der Waals surface area contributed by atoms with Crippen molar-refractivity contribution in [3.8, 4) is 12.3 Å². The van der Waals surface area contributed by atoms with Gasteiger partial charge < -0.3 is 0 Å². The van der Waals surface area contributed by atoms with Gasteiger partial charge in [-0.3, -0.25) is 0 Å². The minimum Gasteiger partial charge on any atom is -0.167 e. The fraction of sp³-hybridized carbons (Fsp3) is 0.200. The number of allylic oxidation sites excluding steroid dienone is 3. The van der Waals surface area contributed by atoms with Gasteiger partial charge in [-0.15, -0.1) is 6.42 Å². The number of terminal acetylenes is 1. The van der Waals surface area contributed by atoms with Gasteiger partial charge in [0.05, 0.1) is 5.70 Å². The third-order valence-electron chi connectivity index (χ3n) is 1.25. The summed E-state index contributed by atoms with van der Waals surface area (Å²) in [6, 6.07) is 0. The number of rotatable bonds is 5. The van der Waals surface area contributed by atoms with Gasteiger partial charge >= 0.3 is 0 Å². The molecule has 0 amide bonds. The van der Waals surface area contributed by atoms with E-state index < -0.39 is 0 Å². The summed E-state index contributed by atoms with van der Waals surface area (Å²) in [7, 11) is 0. The molecular weight excluding hydrogens is 162 g/mol. The van der Waals surface area contributed by atoms with E-state index in [1.54, 1.807) is 6.08 Å². The summed E-state index contributed by atoms with van der Waals surface area (Å²) < 4.78 is 0. The van der Waals surface area contributed by atoms with Crippen LogP contribution >= 0.6 is 0 Å². The number of hydrogen-bond acceptors (Lipinski definition) is 3. The quantitative estimate of drug-likeness (QED) is 0.272. The standard InChI is InChI=1S/C10H13N3/c1-5-7-9-10(8-6-2)13(11-3)12-4/h2,7-9H,3-5H2,1H3/b9-7-,10-8+. The van der Waals surface area contributed by atoms with E-state index in [-0.39, 0.29) is 0 Å². The van der Waals surface area contributed by atoms with Crippen LogP contribution in [-0.4, -0.2) is 18.6 Å². The van der Waals surface area contributed by atoms with E-state index in [1.807, 2.05) is 19.1 Å². The van der Waals surface area contributed by atoms with Crippen LogP contribution in [0.2, 0.25) is 0 Å². The van der Waals surface area contributed by atoms with Crippen molar-refractivity contribution in [2.24, 2.45) is 10.2 Å². The molecule has 0 saturated heterocycles. The van der Waals surface area contributed by atoms with Gasteiger partial charge in [-0.25, -0.2) is 0 Å². The molecule has 0 aromatic rings. The molecule has 0 aliphatic carbocycles. The summed E-state index contributed by atoms with van der Waals surface area (Å²) in [4.78, 5) is 0. The molecule has 0 bridgehead atoms. The molecular formula is C10H13N3. The van der Waals surface area contributed by atoms with Crippen LogP contribution in [0, 0.1) is 12.3 Å². The Morgan fingerprint density at radius 2 is 2.15 bits per heavy atom. The van der Waals surface area contributed by atoms with Crippen molar-refractivity contribution in [1.82, 2.24) is 5.12 Å². The second kappa shape index (κ2) is 6.86. The van der Waals surface area contributed by atoms with Crippen LogP contribution in [0.15, 0.2) is 34.1 Å². The van der Waals surface area contributed by atoms with E-state index >= 15 is 0 Å². The van der Waals surface area contributed by atoms with Gasteiger partial charge in [-0.2, -0.15) is 15.3 Å². The lowest BCUT2D eigenvalue weighted by Crippen LogP contribution is -2.06. The first-order valence-electron chi connectivity index (χ1n) is 3.86. The van der Waals surface area contributed by atoms with Gasteiger partial charge in [0.1, 0.15) is 0 Å². The molecule has 0 radical (unpaired) electrons. The highest BCUT2D eigenvalue weighted by atomic mass is 15.7. The van der Waals surface area contributed by atoms with E-state index in [1.165, 1.54) is 5.12 Å². The van der Waals surface area contributed by atoms with Crippen LogP contribution in [0.5, 0.6) is 0 Å². The predicted octanol–water partition coefficient (Wildman–Crippen LogP) is 2.00. The number of nitrogens with zero attached hydrogens (tertiary/aromatic N) is 3. The molecule has 0 aromatic carbocycles. The molecule has 0 heterocycles. The Morgan fingerprint density at radius 1 is 1.54 bits per heavy atom. The second-order valence-corrected chi connectivity index (χ2v) is 2.12. The van der Waals surface area contributed by atoms with Crippen molar-refractivity contribution in [3.05, 3.63) is 23.9 Å². The van der Waals surface area contributed by atoms with Crippen LogP contribution < -0.4 is 0 Å². The average Bonchev–Trinajstić information content (AvgIpc) is 2.16. The lowest BCUT2D eigenvalue weighted by Gasteiger charge is -2.10. The molecule has 3 heteroatoms. The summed E-state index contributed by atoms with van der Waals surface area (Å²) in [5.41, 5.74) is 0.675. The topological polar surface area (TPSA) is 28.0 Å². The van der Waals surface area contributed by atoms with Crippen LogP contribution in [0.25, 0.3) is 0 Å². The zero-order valence-corrected chi connectivity index (χ0v) is 7.77. The Labute approximate surface area is 79.1 Å². The molecule has 0 aliphatic heterocycles. The Kier molecular flexibility index (Phi) is 5.90. The molecule has 0 saturated carbocycles. The van der Waals surface area contributed by atoms with Crippen LogP contribution in [0.4, 0.5) is 0 Å². The summed E-state index contributed by atoms with van der Waals surface area (Å²) in [6.45, 7) is 8.71. The Bertz CT molecular complexity index is 260. The summed E-state index contributed by atoms with van der Waals surface area (Å²) in [6.07, 6.45) is 11.4.